The minimum absolute atomic E-state index is 0.210. The van der Waals surface area contributed by atoms with Crippen LogP contribution in [0.25, 0.3) is 11.0 Å². The number of hydrogen-bond donors (Lipinski definition) is 1. The molecule has 0 aliphatic heterocycles. The molecule has 0 unspecified atom stereocenters. The largest absolute Gasteiger partial charge is 0.369 e. The number of nitrogens with two attached hydrogens (primary N) is 1. The number of hydrogen-bond acceptors (Lipinski definition) is 2. The minimum atomic E-state index is -0.210. The lowest BCUT2D eigenvalue weighted by atomic mass is 10.1. The van der Waals surface area contributed by atoms with Crippen molar-refractivity contribution in [2.24, 2.45) is 0 Å². The molecular weight excluding hydrogens is 289 g/mol. The smallest absolute Gasteiger partial charge is 0.201 e. The predicted octanol–water partition coefficient (Wildman–Crippen LogP) is 3.96. The summed E-state index contributed by atoms with van der Waals surface area (Å²) in [5, 5.41) is 0.640. The van der Waals surface area contributed by atoms with Crippen molar-refractivity contribution in [3.8, 4) is 0 Å². The monoisotopic (exact) mass is 303 g/mol. The molecule has 0 aliphatic rings. The van der Waals surface area contributed by atoms with Crippen molar-refractivity contribution >= 4 is 28.6 Å². The van der Waals surface area contributed by atoms with Crippen LogP contribution in [0, 0.1) is 12.7 Å². The highest BCUT2D eigenvalue weighted by atomic mass is 35.5. The number of benzene rings is 2. The van der Waals surface area contributed by atoms with Gasteiger partial charge in [-0.2, -0.15) is 0 Å². The number of imidazole rings is 1. The quantitative estimate of drug-likeness (QED) is 0.796. The van der Waals surface area contributed by atoms with Gasteiger partial charge in [-0.05, 0) is 54.8 Å². The summed E-state index contributed by atoms with van der Waals surface area (Å²) in [6.07, 6.45) is 0.768. The maximum absolute atomic E-state index is 13.1. The summed E-state index contributed by atoms with van der Waals surface area (Å²) >= 11 is 5.96. The van der Waals surface area contributed by atoms with E-state index in [1.54, 1.807) is 12.1 Å². The summed E-state index contributed by atoms with van der Waals surface area (Å²) in [7, 11) is 0. The van der Waals surface area contributed by atoms with E-state index < -0.39 is 0 Å². The molecule has 0 radical (unpaired) electrons. The average Bonchev–Trinajstić information content (AvgIpc) is 2.72. The van der Waals surface area contributed by atoms with Crippen LogP contribution in [-0.2, 0) is 13.0 Å². The highest BCUT2D eigenvalue weighted by molar-refractivity contribution is 6.31. The third-order valence-electron chi connectivity index (χ3n) is 3.65. The Morgan fingerprint density at radius 1 is 1.24 bits per heavy atom. The molecule has 3 nitrogen and oxygen atoms in total. The fourth-order valence-electron chi connectivity index (χ4n) is 2.53. The molecule has 1 heterocycles. The molecule has 0 saturated carbocycles. The Morgan fingerprint density at radius 3 is 2.81 bits per heavy atom. The van der Waals surface area contributed by atoms with Gasteiger partial charge in [0.1, 0.15) is 5.82 Å². The van der Waals surface area contributed by atoms with Crippen LogP contribution in [0.3, 0.4) is 0 Å². The Hall–Kier alpha value is -2.07. The van der Waals surface area contributed by atoms with Crippen molar-refractivity contribution < 1.29 is 4.39 Å². The first kappa shape index (κ1) is 13.9. The third-order valence-corrected chi connectivity index (χ3v) is 3.88. The first-order chi connectivity index (χ1) is 10.0. The molecule has 0 aliphatic carbocycles. The van der Waals surface area contributed by atoms with Crippen LogP contribution in [0.5, 0.6) is 0 Å². The van der Waals surface area contributed by atoms with Gasteiger partial charge in [0.05, 0.1) is 11.0 Å². The molecule has 0 spiro atoms. The van der Waals surface area contributed by atoms with E-state index in [2.05, 4.69) is 4.98 Å². The van der Waals surface area contributed by atoms with Crippen molar-refractivity contribution in [1.82, 2.24) is 9.55 Å². The second-order valence-corrected chi connectivity index (χ2v) is 5.51. The van der Waals surface area contributed by atoms with E-state index in [1.165, 1.54) is 6.07 Å². The molecule has 0 bridgehead atoms. The van der Waals surface area contributed by atoms with Crippen LogP contribution in [-0.4, -0.2) is 9.55 Å². The van der Waals surface area contributed by atoms with Crippen LogP contribution < -0.4 is 5.73 Å². The summed E-state index contributed by atoms with van der Waals surface area (Å²) in [6, 6.07) is 10.4. The standard InChI is InChI=1S/C16H15ClFN3/c1-10-8-13(18)4-2-11(10)6-7-21-15-5-3-12(17)9-14(15)20-16(21)19/h2-5,8-9H,6-7H2,1H3,(H2,19,20). The van der Waals surface area contributed by atoms with Crippen molar-refractivity contribution in [3.05, 3.63) is 58.4 Å². The number of nitrogen functional groups attached to an aromatic ring is 1. The molecule has 21 heavy (non-hydrogen) atoms. The SMILES string of the molecule is Cc1cc(F)ccc1CCn1c(N)nc2cc(Cl)ccc21. The number of rotatable bonds is 3. The molecule has 3 rings (SSSR count). The second-order valence-electron chi connectivity index (χ2n) is 5.08. The molecule has 1 aromatic heterocycles. The van der Waals surface area contributed by atoms with Crippen LogP contribution >= 0.6 is 11.6 Å². The fourth-order valence-corrected chi connectivity index (χ4v) is 2.69. The zero-order chi connectivity index (χ0) is 15.0. The van der Waals surface area contributed by atoms with E-state index in [0.29, 0.717) is 17.5 Å². The van der Waals surface area contributed by atoms with E-state index >= 15 is 0 Å². The third kappa shape index (κ3) is 2.72. The maximum Gasteiger partial charge on any atom is 0.201 e. The van der Waals surface area contributed by atoms with Gasteiger partial charge in [0.2, 0.25) is 5.95 Å². The molecule has 3 aromatic rings. The average molecular weight is 304 g/mol. The normalized spacial score (nSPS) is 11.2. The van der Waals surface area contributed by atoms with Gasteiger partial charge in [-0.1, -0.05) is 17.7 Å². The molecule has 0 atom stereocenters. The summed E-state index contributed by atoms with van der Waals surface area (Å²) < 4.78 is 15.1. The van der Waals surface area contributed by atoms with Crippen molar-refractivity contribution in [2.75, 3.05) is 5.73 Å². The van der Waals surface area contributed by atoms with Gasteiger partial charge in [0, 0.05) is 11.6 Å². The van der Waals surface area contributed by atoms with Crippen LogP contribution in [0.15, 0.2) is 36.4 Å². The van der Waals surface area contributed by atoms with E-state index in [0.717, 1.165) is 28.6 Å². The molecule has 0 fully saturated rings. The highest BCUT2D eigenvalue weighted by Crippen LogP contribution is 2.22. The zero-order valence-electron chi connectivity index (χ0n) is 11.6. The molecular formula is C16H15ClFN3. The van der Waals surface area contributed by atoms with Gasteiger partial charge in [-0.3, -0.25) is 0 Å². The summed E-state index contributed by atoms with van der Waals surface area (Å²) in [4.78, 5) is 4.32. The van der Waals surface area contributed by atoms with Crippen molar-refractivity contribution in [1.29, 1.82) is 0 Å². The lowest BCUT2D eigenvalue weighted by molar-refractivity contribution is 0.624. The molecule has 108 valence electrons. The van der Waals surface area contributed by atoms with Gasteiger partial charge >= 0.3 is 0 Å². The Morgan fingerprint density at radius 2 is 2.05 bits per heavy atom. The molecule has 5 heteroatoms. The summed E-state index contributed by atoms with van der Waals surface area (Å²) in [6.45, 7) is 2.60. The number of aromatic nitrogens is 2. The van der Waals surface area contributed by atoms with Crippen molar-refractivity contribution in [2.45, 2.75) is 19.9 Å². The van der Waals surface area contributed by atoms with Crippen molar-refractivity contribution in [3.63, 3.8) is 0 Å². The Kier molecular flexibility index (Phi) is 3.55. The maximum atomic E-state index is 13.1. The van der Waals surface area contributed by atoms with E-state index in [1.807, 2.05) is 29.7 Å². The Labute approximate surface area is 127 Å². The zero-order valence-corrected chi connectivity index (χ0v) is 12.4. The topological polar surface area (TPSA) is 43.8 Å². The molecule has 2 N–H and O–H groups in total. The van der Waals surface area contributed by atoms with Crippen LogP contribution in [0.2, 0.25) is 5.02 Å². The molecule has 0 amide bonds. The number of halogens is 2. The minimum Gasteiger partial charge on any atom is -0.369 e. The number of nitrogens with zero attached hydrogens (tertiary/aromatic N) is 2. The van der Waals surface area contributed by atoms with Gasteiger partial charge < -0.3 is 10.3 Å². The summed E-state index contributed by atoms with van der Waals surface area (Å²) in [5.74, 6) is 0.255. The Bertz CT molecular complexity index is 811. The predicted molar refractivity (Wildman–Crippen MR) is 84.0 cm³/mol. The molecule has 2 aromatic carbocycles. The van der Waals surface area contributed by atoms with E-state index in [9.17, 15) is 4.39 Å². The van der Waals surface area contributed by atoms with Gasteiger partial charge in [-0.25, -0.2) is 9.37 Å². The first-order valence-corrected chi connectivity index (χ1v) is 7.08. The number of anilines is 1. The number of fused-ring (bicyclic) bond motifs is 1. The molecule has 0 saturated heterocycles. The number of aryl methyl sites for hydroxylation is 3. The Balaban J connectivity index is 1.90. The highest BCUT2D eigenvalue weighted by Gasteiger charge is 2.09. The first-order valence-electron chi connectivity index (χ1n) is 6.71. The lowest BCUT2D eigenvalue weighted by Gasteiger charge is -2.09. The van der Waals surface area contributed by atoms with Gasteiger partial charge in [0.25, 0.3) is 0 Å². The fraction of sp³-hybridized carbons (Fsp3) is 0.188. The van der Waals surface area contributed by atoms with Gasteiger partial charge in [0.15, 0.2) is 0 Å². The van der Waals surface area contributed by atoms with E-state index in [4.69, 9.17) is 17.3 Å². The van der Waals surface area contributed by atoms with Crippen LogP contribution in [0.1, 0.15) is 11.1 Å². The lowest BCUT2D eigenvalue weighted by Crippen LogP contribution is -2.06. The van der Waals surface area contributed by atoms with Gasteiger partial charge in [-0.15, -0.1) is 0 Å². The second kappa shape index (κ2) is 5.37. The summed E-state index contributed by atoms with van der Waals surface area (Å²) in [5.41, 5.74) is 9.77. The van der Waals surface area contributed by atoms with E-state index in [-0.39, 0.29) is 5.82 Å². The van der Waals surface area contributed by atoms with Crippen LogP contribution in [0.4, 0.5) is 10.3 Å².